The molecule has 5 rings (SSSR count). The Morgan fingerprint density at radius 2 is 1.95 bits per heavy atom. The number of thiophene rings is 1. The molecule has 3 N–H and O–H groups in total. The highest BCUT2D eigenvalue weighted by Crippen LogP contribution is 2.34. The van der Waals surface area contributed by atoms with E-state index < -0.39 is 33.9 Å². The van der Waals surface area contributed by atoms with Crippen molar-refractivity contribution in [2.24, 2.45) is 5.73 Å². The number of nitrogens with zero attached hydrogens (tertiary/aromatic N) is 4. The number of amides is 4. The first-order valence-electron chi connectivity index (χ1n) is 12.0. The van der Waals surface area contributed by atoms with Crippen molar-refractivity contribution < 1.29 is 22.8 Å². The van der Waals surface area contributed by atoms with E-state index in [0.717, 1.165) is 31.9 Å². The molecular weight excluding hydrogens is 584 g/mol. The maximum atomic E-state index is 13.5. The summed E-state index contributed by atoms with van der Waals surface area (Å²) in [5, 5.41) is 4.02. The zero-order valence-electron chi connectivity index (χ0n) is 20.8. The van der Waals surface area contributed by atoms with Gasteiger partial charge in [-0.3, -0.25) is 9.59 Å². The average molecular weight is 609 g/mol. The van der Waals surface area contributed by atoms with Crippen molar-refractivity contribution in [2.45, 2.75) is 16.7 Å². The zero-order valence-corrected chi connectivity index (χ0v) is 24.0. The average Bonchev–Trinajstić information content (AvgIpc) is 3.60. The molecule has 1 atom stereocenters. The summed E-state index contributed by atoms with van der Waals surface area (Å²) < 4.78 is 29.2. The molecule has 0 bridgehead atoms. The maximum absolute atomic E-state index is 13.5. The van der Waals surface area contributed by atoms with Crippen molar-refractivity contribution >= 4 is 77.8 Å². The summed E-state index contributed by atoms with van der Waals surface area (Å²) in [5.41, 5.74) is 6.30. The molecule has 3 aromatic rings. The van der Waals surface area contributed by atoms with Crippen molar-refractivity contribution in [3.05, 3.63) is 51.4 Å². The van der Waals surface area contributed by atoms with Crippen LogP contribution in [0, 0.1) is 0 Å². The van der Waals surface area contributed by atoms with E-state index in [1.54, 1.807) is 30.5 Å². The number of primary amides is 1. The Morgan fingerprint density at radius 1 is 1.15 bits per heavy atom. The van der Waals surface area contributed by atoms with Gasteiger partial charge in [-0.1, -0.05) is 23.7 Å². The van der Waals surface area contributed by atoms with E-state index >= 15 is 0 Å². The zero-order chi connectivity index (χ0) is 27.9. The first-order valence-corrected chi connectivity index (χ1v) is 15.4. The number of hydrogen-bond acceptors (Lipinski definition) is 8. The maximum Gasteiger partial charge on any atom is 0.315 e. The van der Waals surface area contributed by atoms with Crippen molar-refractivity contribution in [3.8, 4) is 0 Å². The smallest absolute Gasteiger partial charge is 0.315 e. The van der Waals surface area contributed by atoms with Crippen LogP contribution >= 0.6 is 34.3 Å². The molecule has 0 radical (unpaired) electrons. The fourth-order valence-corrected chi connectivity index (χ4v) is 8.79. The number of urea groups is 1. The highest BCUT2D eigenvalue weighted by atomic mass is 35.5. The SMILES string of the molecule is CNC(=O)C1CN(S(=O)(=O)c2cc3ccc(Cl)cc3s2)CCN1C(=O)c1ncc(C2=CCN(C(N)=O)CC2)s1. The molecule has 0 spiro atoms. The molecular formula is C24H25ClN6O5S3. The summed E-state index contributed by atoms with van der Waals surface area (Å²) in [5.74, 6) is -0.909. The minimum Gasteiger partial charge on any atom is -0.357 e. The summed E-state index contributed by atoms with van der Waals surface area (Å²) in [6, 6.07) is 5.26. The molecule has 15 heteroatoms. The third-order valence-electron chi connectivity index (χ3n) is 6.73. The minimum atomic E-state index is -3.91. The Balaban J connectivity index is 1.35. The second kappa shape index (κ2) is 10.8. The lowest BCUT2D eigenvalue weighted by atomic mass is 10.1. The van der Waals surface area contributed by atoms with E-state index in [0.29, 0.717) is 24.5 Å². The van der Waals surface area contributed by atoms with Gasteiger partial charge in [-0.2, -0.15) is 4.31 Å². The molecule has 1 fully saturated rings. The fraction of sp³-hybridized carbons (Fsp3) is 0.333. The first-order chi connectivity index (χ1) is 18.6. The van der Waals surface area contributed by atoms with Gasteiger partial charge in [0.15, 0.2) is 5.01 Å². The second-order valence-electron chi connectivity index (χ2n) is 9.03. The third-order valence-corrected chi connectivity index (χ3v) is 11.4. The van der Waals surface area contributed by atoms with E-state index in [2.05, 4.69) is 10.3 Å². The van der Waals surface area contributed by atoms with Crippen LogP contribution in [0.15, 0.2) is 40.7 Å². The molecule has 39 heavy (non-hydrogen) atoms. The Labute approximate surface area is 237 Å². The Bertz CT molecular complexity index is 1600. The number of hydrogen-bond donors (Lipinski definition) is 2. The summed E-state index contributed by atoms with van der Waals surface area (Å²) >= 11 is 8.37. The number of nitrogens with two attached hydrogens (primary N) is 1. The molecule has 1 unspecified atom stereocenters. The van der Waals surface area contributed by atoms with Gasteiger partial charge >= 0.3 is 6.03 Å². The quantitative estimate of drug-likeness (QED) is 0.455. The van der Waals surface area contributed by atoms with Gasteiger partial charge in [0.25, 0.3) is 15.9 Å². The molecule has 2 aliphatic rings. The van der Waals surface area contributed by atoms with Crippen LogP contribution in [0.2, 0.25) is 5.02 Å². The molecule has 0 aliphatic carbocycles. The number of nitrogens with one attached hydrogen (secondary N) is 1. The molecule has 2 aliphatic heterocycles. The lowest BCUT2D eigenvalue weighted by molar-refractivity contribution is -0.126. The van der Waals surface area contributed by atoms with Gasteiger partial charge in [0.05, 0.1) is 4.88 Å². The Hall–Kier alpha value is -3.04. The van der Waals surface area contributed by atoms with Crippen molar-refractivity contribution in [2.75, 3.05) is 39.8 Å². The number of thiazole rings is 1. The predicted molar refractivity (Wildman–Crippen MR) is 150 cm³/mol. The number of carbonyl (C=O) groups is 3. The van der Waals surface area contributed by atoms with Crippen LogP contribution in [0.25, 0.3) is 15.7 Å². The highest BCUT2D eigenvalue weighted by molar-refractivity contribution is 7.91. The predicted octanol–water partition coefficient (Wildman–Crippen LogP) is 2.44. The van der Waals surface area contributed by atoms with E-state index in [9.17, 15) is 22.8 Å². The van der Waals surface area contributed by atoms with Gasteiger partial charge in [0.1, 0.15) is 10.3 Å². The van der Waals surface area contributed by atoms with Crippen LogP contribution in [0.3, 0.4) is 0 Å². The van der Waals surface area contributed by atoms with Gasteiger partial charge in [0, 0.05) is 55.7 Å². The van der Waals surface area contributed by atoms with Crippen LogP contribution in [0.4, 0.5) is 4.79 Å². The number of fused-ring (bicyclic) bond motifs is 1. The van der Waals surface area contributed by atoms with Crippen molar-refractivity contribution in [3.63, 3.8) is 0 Å². The Morgan fingerprint density at radius 3 is 2.64 bits per heavy atom. The molecule has 4 amide bonds. The summed E-state index contributed by atoms with van der Waals surface area (Å²) in [6.45, 7) is 0.730. The van der Waals surface area contributed by atoms with Crippen LogP contribution in [-0.4, -0.2) is 91.2 Å². The van der Waals surface area contributed by atoms with Crippen LogP contribution in [0.1, 0.15) is 21.1 Å². The number of halogens is 1. The summed E-state index contributed by atoms with van der Waals surface area (Å²) in [6.07, 6.45) is 4.07. The number of piperazine rings is 1. The van der Waals surface area contributed by atoms with Crippen LogP contribution < -0.4 is 11.1 Å². The highest BCUT2D eigenvalue weighted by Gasteiger charge is 2.41. The largest absolute Gasteiger partial charge is 0.357 e. The monoisotopic (exact) mass is 608 g/mol. The molecule has 1 aromatic carbocycles. The minimum absolute atomic E-state index is 0.0258. The number of carbonyl (C=O) groups excluding carboxylic acids is 3. The number of sulfonamides is 1. The number of aromatic nitrogens is 1. The molecule has 0 saturated carbocycles. The summed E-state index contributed by atoms with van der Waals surface area (Å²) in [7, 11) is -2.47. The van der Waals surface area contributed by atoms with E-state index in [4.69, 9.17) is 17.3 Å². The van der Waals surface area contributed by atoms with Gasteiger partial charge in [-0.05, 0) is 35.6 Å². The number of benzene rings is 1. The van der Waals surface area contributed by atoms with Gasteiger partial charge in [-0.25, -0.2) is 18.2 Å². The number of rotatable bonds is 5. The molecule has 1 saturated heterocycles. The summed E-state index contributed by atoms with van der Waals surface area (Å²) in [4.78, 5) is 45.7. The van der Waals surface area contributed by atoms with Gasteiger partial charge in [-0.15, -0.1) is 22.7 Å². The van der Waals surface area contributed by atoms with Crippen LogP contribution in [0.5, 0.6) is 0 Å². The standard InChI is InChI=1S/C24H25ClN6O5S3/c1-27-21(32)17-13-30(39(35,36)20-10-15-2-3-16(25)11-18(15)37-20)8-9-31(17)23(33)22-28-12-19(38-22)14-4-6-29(7-5-14)24(26)34/h2-4,10-12,17H,5-9,13H2,1H3,(H2,26,34)(H,27,32). The van der Waals surface area contributed by atoms with E-state index in [1.807, 2.05) is 6.08 Å². The normalized spacial score (nSPS) is 18.7. The number of likely N-dealkylation sites (N-methyl/N-ethyl adjacent to an activating group) is 1. The van der Waals surface area contributed by atoms with Crippen molar-refractivity contribution in [1.29, 1.82) is 0 Å². The topological polar surface area (TPSA) is 146 Å². The molecule has 206 valence electrons. The third kappa shape index (κ3) is 5.39. The molecule has 11 nitrogen and oxygen atoms in total. The lowest BCUT2D eigenvalue weighted by Crippen LogP contribution is -2.61. The van der Waals surface area contributed by atoms with Gasteiger partial charge < -0.3 is 20.9 Å². The van der Waals surface area contributed by atoms with Crippen molar-refractivity contribution in [1.82, 2.24) is 24.4 Å². The van der Waals surface area contributed by atoms with E-state index in [1.165, 1.54) is 32.5 Å². The van der Waals surface area contributed by atoms with Gasteiger partial charge in [0.2, 0.25) is 5.91 Å². The first kappa shape index (κ1) is 27.5. The lowest BCUT2D eigenvalue weighted by Gasteiger charge is -2.39. The second-order valence-corrected chi connectivity index (χ2v) is 13.7. The molecule has 2 aromatic heterocycles. The van der Waals surface area contributed by atoms with Crippen LogP contribution in [-0.2, 0) is 14.8 Å². The molecule has 4 heterocycles. The Kier molecular flexibility index (Phi) is 7.66. The fourth-order valence-electron chi connectivity index (χ4n) is 4.58. The van der Waals surface area contributed by atoms with E-state index in [-0.39, 0.29) is 28.9 Å².